The van der Waals surface area contributed by atoms with Gasteiger partial charge in [0.05, 0.1) is 6.04 Å². The molecule has 1 saturated heterocycles. The lowest BCUT2D eigenvalue weighted by molar-refractivity contribution is 0.329. The molecule has 0 spiro atoms. The van der Waals surface area contributed by atoms with Crippen LogP contribution in [-0.2, 0) is 0 Å². The van der Waals surface area contributed by atoms with Crippen LogP contribution in [0.4, 0.5) is 0 Å². The van der Waals surface area contributed by atoms with Crippen LogP contribution in [0.2, 0.25) is 0 Å². The topological polar surface area (TPSA) is 51.0 Å². The van der Waals surface area contributed by atoms with Gasteiger partial charge in [0.25, 0.3) is 0 Å². The Hall–Kier alpha value is -0.900. The molecule has 1 aliphatic carbocycles. The molecule has 0 aromatic carbocycles. The third-order valence-electron chi connectivity index (χ3n) is 2.99. The number of rotatable bonds is 2. The Kier molecular flexibility index (Phi) is 2.01. The van der Waals surface area contributed by atoms with Gasteiger partial charge in [-0.05, 0) is 32.2 Å². The fourth-order valence-corrected chi connectivity index (χ4v) is 1.95. The standard InChI is InChI=1S/C10H15N3O/c1-2-6-11-8(3-1)10-13-12-9(14-10)7-4-5-7/h7-8,11H,1-6H2/t8-/m1/s1. The smallest absolute Gasteiger partial charge is 0.233 e. The van der Waals surface area contributed by atoms with E-state index in [-0.39, 0.29) is 0 Å². The van der Waals surface area contributed by atoms with Crippen LogP contribution in [0.15, 0.2) is 4.42 Å². The fourth-order valence-electron chi connectivity index (χ4n) is 1.95. The van der Waals surface area contributed by atoms with Crippen molar-refractivity contribution in [3.63, 3.8) is 0 Å². The molecule has 2 aliphatic rings. The minimum absolute atomic E-state index is 0.309. The van der Waals surface area contributed by atoms with Crippen LogP contribution in [0.5, 0.6) is 0 Å². The van der Waals surface area contributed by atoms with Crippen molar-refractivity contribution in [2.75, 3.05) is 6.54 Å². The van der Waals surface area contributed by atoms with Gasteiger partial charge >= 0.3 is 0 Å². The Bertz CT molecular complexity index is 313. The molecule has 1 aliphatic heterocycles. The van der Waals surface area contributed by atoms with Crippen LogP contribution in [0.3, 0.4) is 0 Å². The van der Waals surface area contributed by atoms with Gasteiger partial charge in [0.15, 0.2) is 0 Å². The summed E-state index contributed by atoms with van der Waals surface area (Å²) < 4.78 is 5.66. The Morgan fingerprint density at radius 2 is 1.93 bits per heavy atom. The number of aromatic nitrogens is 2. The zero-order valence-electron chi connectivity index (χ0n) is 8.20. The zero-order valence-corrected chi connectivity index (χ0v) is 8.20. The second kappa shape index (κ2) is 3.35. The molecule has 1 atom stereocenters. The van der Waals surface area contributed by atoms with Crippen molar-refractivity contribution in [1.82, 2.24) is 15.5 Å². The van der Waals surface area contributed by atoms with Gasteiger partial charge in [0, 0.05) is 5.92 Å². The highest BCUT2D eigenvalue weighted by Crippen LogP contribution is 2.39. The van der Waals surface area contributed by atoms with Gasteiger partial charge in [-0.2, -0.15) is 0 Å². The number of hydrogen-bond acceptors (Lipinski definition) is 4. The summed E-state index contributed by atoms with van der Waals surface area (Å²) in [7, 11) is 0. The second-order valence-electron chi connectivity index (χ2n) is 4.26. The lowest BCUT2D eigenvalue weighted by atomic mass is 10.1. The Balaban J connectivity index is 1.74. The highest BCUT2D eigenvalue weighted by molar-refractivity contribution is 5.02. The van der Waals surface area contributed by atoms with E-state index in [9.17, 15) is 0 Å². The first-order chi connectivity index (χ1) is 6.93. The molecule has 2 heterocycles. The largest absolute Gasteiger partial charge is 0.423 e. The van der Waals surface area contributed by atoms with Crippen LogP contribution in [0.1, 0.15) is 55.8 Å². The number of nitrogens with zero attached hydrogens (tertiary/aromatic N) is 2. The van der Waals surface area contributed by atoms with Crippen molar-refractivity contribution in [3.8, 4) is 0 Å². The molecule has 1 aromatic heterocycles. The number of hydrogen-bond donors (Lipinski definition) is 1. The van der Waals surface area contributed by atoms with Crippen molar-refractivity contribution in [1.29, 1.82) is 0 Å². The molecule has 1 N–H and O–H groups in total. The molecular formula is C10H15N3O. The van der Waals surface area contributed by atoms with E-state index in [1.54, 1.807) is 0 Å². The predicted octanol–water partition coefficient (Wildman–Crippen LogP) is 1.76. The minimum atomic E-state index is 0.309. The quantitative estimate of drug-likeness (QED) is 0.777. The highest BCUT2D eigenvalue weighted by atomic mass is 16.4. The third-order valence-corrected chi connectivity index (χ3v) is 2.99. The van der Waals surface area contributed by atoms with Crippen LogP contribution in [-0.4, -0.2) is 16.7 Å². The monoisotopic (exact) mass is 193 g/mol. The van der Waals surface area contributed by atoms with E-state index in [1.165, 1.54) is 25.7 Å². The molecule has 1 aromatic rings. The molecule has 4 heteroatoms. The van der Waals surface area contributed by atoms with E-state index >= 15 is 0 Å². The van der Waals surface area contributed by atoms with E-state index < -0.39 is 0 Å². The van der Waals surface area contributed by atoms with E-state index in [2.05, 4.69) is 15.5 Å². The van der Waals surface area contributed by atoms with E-state index in [1.807, 2.05) is 0 Å². The molecule has 0 unspecified atom stereocenters. The summed E-state index contributed by atoms with van der Waals surface area (Å²) >= 11 is 0. The lowest BCUT2D eigenvalue weighted by Gasteiger charge is -2.19. The van der Waals surface area contributed by atoms with Gasteiger partial charge in [0.2, 0.25) is 11.8 Å². The second-order valence-corrected chi connectivity index (χ2v) is 4.26. The van der Waals surface area contributed by atoms with Crippen molar-refractivity contribution >= 4 is 0 Å². The van der Waals surface area contributed by atoms with Crippen LogP contribution < -0.4 is 5.32 Å². The molecule has 0 bridgehead atoms. The van der Waals surface area contributed by atoms with Crippen molar-refractivity contribution in [2.24, 2.45) is 0 Å². The van der Waals surface area contributed by atoms with Crippen LogP contribution >= 0.6 is 0 Å². The first-order valence-electron chi connectivity index (χ1n) is 5.50. The van der Waals surface area contributed by atoms with Gasteiger partial charge in [-0.25, -0.2) is 0 Å². The van der Waals surface area contributed by atoms with Gasteiger partial charge in [-0.1, -0.05) is 6.42 Å². The third kappa shape index (κ3) is 1.54. The zero-order chi connectivity index (χ0) is 9.38. The Labute approximate surface area is 83.1 Å². The molecule has 14 heavy (non-hydrogen) atoms. The molecule has 0 amide bonds. The average Bonchev–Trinajstić information content (AvgIpc) is 2.98. The normalized spacial score (nSPS) is 27.9. The number of piperidine rings is 1. The summed E-state index contributed by atoms with van der Waals surface area (Å²) in [6.07, 6.45) is 6.10. The van der Waals surface area contributed by atoms with Crippen molar-refractivity contribution < 1.29 is 4.42 Å². The molecule has 0 radical (unpaired) electrons. The summed E-state index contributed by atoms with van der Waals surface area (Å²) in [4.78, 5) is 0. The molecule has 2 fully saturated rings. The maximum Gasteiger partial charge on any atom is 0.233 e. The minimum Gasteiger partial charge on any atom is -0.423 e. The first kappa shape index (κ1) is 8.41. The average molecular weight is 193 g/mol. The SMILES string of the molecule is C1CC[C@H](c2nnc(C3CC3)o2)NC1. The van der Waals surface area contributed by atoms with E-state index in [0.717, 1.165) is 24.7 Å². The predicted molar refractivity (Wildman–Crippen MR) is 50.9 cm³/mol. The first-order valence-corrected chi connectivity index (χ1v) is 5.50. The molecule has 76 valence electrons. The molecule has 4 nitrogen and oxygen atoms in total. The highest BCUT2D eigenvalue weighted by Gasteiger charge is 2.30. The number of nitrogens with one attached hydrogen (secondary N) is 1. The van der Waals surface area contributed by atoms with E-state index in [0.29, 0.717) is 12.0 Å². The van der Waals surface area contributed by atoms with Gasteiger partial charge < -0.3 is 9.73 Å². The summed E-state index contributed by atoms with van der Waals surface area (Å²) in [5.74, 6) is 2.22. The van der Waals surface area contributed by atoms with Gasteiger partial charge in [0.1, 0.15) is 0 Å². The fraction of sp³-hybridized carbons (Fsp3) is 0.800. The molecular weight excluding hydrogens is 178 g/mol. The summed E-state index contributed by atoms with van der Waals surface area (Å²) in [5.41, 5.74) is 0. The van der Waals surface area contributed by atoms with Gasteiger partial charge in [-0.15, -0.1) is 10.2 Å². The lowest BCUT2D eigenvalue weighted by Crippen LogP contribution is -2.26. The van der Waals surface area contributed by atoms with Crippen molar-refractivity contribution in [2.45, 2.75) is 44.1 Å². The Morgan fingerprint density at radius 3 is 2.64 bits per heavy atom. The maximum absolute atomic E-state index is 5.66. The van der Waals surface area contributed by atoms with E-state index in [4.69, 9.17) is 4.42 Å². The summed E-state index contributed by atoms with van der Waals surface area (Å²) in [5, 5.41) is 11.6. The Morgan fingerprint density at radius 1 is 1.07 bits per heavy atom. The van der Waals surface area contributed by atoms with Crippen LogP contribution in [0.25, 0.3) is 0 Å². The maximum atomic E-state index is 5.66. The van der Waals surface area contributed by atoms with Crippen LogP contribution in [0, 0.1) is 0 Å². The summed E-state index contributed by atoms with van der Waals surface area (Å²) in [6, 6.07) is 0.309. The van der Waals surface area contributed by atoms with Crippen molar-refractivity contribution in [3.05, 3.63) is 11.8 Å². The summed E-state index contributed by atoms with van der Waals surface area (Å²) in [6.45, 7) is 1.08. The van der Waals surface area contributed by atoms with Gasteiger partial charge in [-0.3, -0.25) is 0 Å². The molecule has 3 rings (SSSR count). The molecule has 1 saturated carbocycles.